The van der Waals surface area contributed by atoms with E-state index in [9.17, 15) is 9.59 Å². The number of hydrogen-bond donors (Lipinski definition) is 2. The number of nitrogens with zero attached hydrogens (tertiary/aromatic N) is 2. The molecule has 134 valence electrons. The summed E-state index contributed by atoms with van der Waals surface area (Å²) in [5.74, 6) is 0.133. The zero-order valence-corrected chi connectivity index (χ0v) is 15.3. The SMILES string of the molecule is O=C1C[C@H](c2ccc(Cl)cc2Cl)c2c(n3c(nc4ccccc43)[nH]c2=O)N1. The number of aromatic amines is 1. The van der Waals surface area contributed by atoms with Crippen molar-refractivity contribution in [2.24, 2.45) is 0 Å². The van der Waals surface area contributed by atoms with Crippen molar-refractivity contribution < 1.29 is 4.79 Å². The lowest BCUT2D eigenvalue weighted by atomic mass is 9.86. The van der Waals surface area contributed by atoms with Crippen molar-refractivity contribution in [1.29, 1.82) is 0 Å². The molecule has 0 saturated carbocycles. The van der Waals surface area contributed by atoms with E-state index < -0.39 is 5.92 Å². The molecular weight excluding hydrogens is 387 g/mol. The fourth-order valence-corrected chi connectivity index (χ4v) is 4.24. The van der Waals surface area contributed by atoms with Crippen LogP contribution in [0.4, 0.5) is 5.82 Å². The zero-order chi connectivity index (χ0) is 18.7. The lowest BCUT2D eigenvalue weighted by Crippen LogP contribution is -2.32. The van der Waals surface area contributed by atoms with Gasteiger partial charge in [-0.1, -0.05) is 41.4 Å². The molecule has 2 aromatic carbocycles. The molecule has 8 heteroatoms. The van der Waals surface area contributed by atoms with Crippen molar-refractivity contribution in [1.82, 2.24) is 14.4 Å². The van der Waals surface area contributed by atoms with E-state index in [2.05, 4.69) is 15.3 Å². The second-order valence-corrected chi connectivity index (χ2v) is 7.29. The van der Waals surface area contributed by atoms with Gasteiger partial charge in [0.25, 0.3) is 5.56 Å². The third-order valence-electron chi connectivity index (χ3n) is 4.84. The van der Waals surface area contributed by atoms with Crippen LogP contribution in [-0.4, -0.2) is 20.3 Å². The third-order valence-corrected chi connectivity index (χ3v) is 5.41. The molecule has 1 aliphatic rings. The number of fused-ring (bicyclic) bond motifs is 5. The largest absolute Gasteiger partial charge is 0.311 e. The number of anilines is 1. The van der Waals surface area contributed by atoms with E-state index >= 15 is 0 Å². The van der Waals surface area contributed by atoms with Gasteiger partial charge in [-0.15, -0.1) is 0 Å². The predicted octanol–water partition coefficient (Wildman–Crippen LogP) is 3.96. The Balaban J connectivity index is 1.86. The van der Waals surface area contributed by atoms with Crippen molar-refractivity contribution in [3.8, 4) is 0 Å². The van der Waals surface area contributed by atoms with E-state index in [1.807, 2.05) is 24.3 Å². The minimum atomic E-state index is -0.479. The lowest BCUT2D eigenvalue weighted by Gasteiger charge is -2.26. The first kappa shape index (κ1) is 16.4. The number of H-pyrrole nitrogens is 1. The molecule has 2 N–H and O–H groups in total. The van der Waals surface area contributed by atoms with E-state index in [-0.39, 0.29) is 17.9 Å². The van der Waals surface area contributed by atoms with E-state index in [4.69, 9.17) is 23.2 Å². The molecule has 2 aromatic heterocycles. The minimum absolute atomic E-state index is 0.121. The summed E-state index contributed by atoms with van der Waals surface area (Å²) in [4.78, 5) is 32.6. The van der Waals surface area contributed by atoms with Crippen LogP contribution in [0.15, 0.2) is 47.3 Å². The Morgan fingerprint density at radius 3 is 2.74 bits per heavy atom. The van der Waals surface area contributed by atoms with Crippen LogP contribution >= 0.6 is 23.2 Å². The van der Waals surface area contributed by atoms with Crippen molar-refractivity contribution in [2.75, 3.05) is 5.32 Å². The number of benzene rings is 2. The Morgan fingerprint density at radius 2 is 1.93 bits per heavy atom. The van der Waals surface area contributed by atoms with E-state index in [0.29, 0.717) is 32.8 Å². The molecule has 1 atom stereocenters. The van der Waals surface area contributed by atoms with Gasteiger partial charge >= 0.3 is 0 Å². The van der Waals surface area contributed by atoms with Gasteiger partial charge in [-0.05, 0) is 29.8 Å². The van der Waals surface area contributed by atoms with Crippen molar-refractivity contribution >= 4 is 51.7 Å². The molecular formula is C19H12Cl2N4O2. The first-order valence-electron chi connectivity index (χ1n) is 8.31. The van der Waals surface area contributed by atoms with Gasteiger partial charge in [-0.2, -0.15) is 0 Å². The van der Waals surface area contributed by atoms with E-state index in [1.165, 1.54) is 0 Å². The number of carbonyl (C=O) groups excluding carboxylic acids is 1. The number of hydrogen-bond acceptors (Lipinski definition) is 3. The maximum atomic E-state index is 12.9. The van der Waals surface area contributed by atoms with Crippen molar-refractivity contribution in [3.63, 3.8) is 0 Å². The van der Waals surface area contributed by atoms with Gasteiger partial charge in [0.15, 0.2) is 0 Å². The van der Waals surface area contributed by atoms with Gasteiger partial charge in [0.05, 0.1) is 16.6 Å². The number of imidazole rings is 1. The van der Waals surface area contributed by atoms with Crippen molar-refractivity contribution in [3.05, 3.63) is 74.0 Å². The Kier molecular flexibility index (Phi) is 3.54. The molecule has 0 fully saturated rings. The standard InChI is InChI=1S/C19H12Cl2N4O2/c20-9-5-6-10(12(21)7-9)11-8-15(26)23-17-16(11)18(27)24-19-22-13-3-1-2-4-14(13)25(17)19/h1-7,11H,8H2,(H,23,26)(H,22,24,27)/t11-/m1/s1. The quantitative estimate of drug-likeness (QED) is 0.509. The van der Waals surface area contributed by atoms with Crippen molar-refractivity contribution in [2.45, 2.75) is 12.3 Å². The highest BCUT2D eigenvalue weighted by Gasteiger charge is 2.33. The number of halogens is 2. The van der Waals surface area contributed by atoms with Crippen LogP contribution < -0.4 is 10.9 Å². The monoisotopic (exact) mass is 398 g/mol. The normalized spacial score (nSPS) is 16.5. The molecule has 0 saturated heterocycles. The second kappa shape index (κ2) is 5.84. The molecule has 0 unspecified atom stereocenters. The summed E-state index contributed by atoms with van der Waals surface area (Å²) in [6.45, 7) is 0. The summed E-state index contributed by atoms with van der Waals surface area (Å²) in [5, 5.41) is 3.76. The van der Waals surface area contributed by atoms with Crippen LogP contribution in [0.25, 0.3) is 16.8 Å². The highest BCUT2D eigenvalue weighted by atomic mass is 35.5. The summed E-state index contributed by atoms with van der Waals surface area (Å²) in [6.07, 6.45) is 0.121. The molecule has 5 rings (SSSR count). The summed E-state index contributed by atoms with van der Waals surface area (Å²) >= 11 is 12.4. The predicted molar refractivity (Wildman–Crippen MR) is 105 cm³/mol. The molecule has 6 nitrogen and oxygen atoms in total. The Bertz CT molecular complexity index is 1310. The van der Waals surface area contributed by atoms with E-state index in [1.54, 1.807) is 22.6 Å². The molecule has 27 heavy (non-hydrogen) atoms. The molecule has 0 bridgehead atoms. The maximum absolute atomic E-state index is 12.9. The van der Waals surface area contributed by atoms with Crippen LogP contribution in [0.1, 0.15) is 23.5 Å². The van der Waals surface area contributed by atoms with Crippen LogP contribution in [0.3, 0.4) is 0 Å². The second-order valence-electron chi connectivity index (χ2n) is 6.45. The molecule has 1 amide bonds. The zero-order valence-electron chi connectivity index (χ0n) is 13.8. The molecule has 3 heterocycles. The number of amides is 1. The molecule has 1 aliphatic heterocycles. The Hall–Kier alpha value is -2.83. The van der Waals surface area contributed by atoms with Gasteiger partial charge in [-0.25, -0.2) is 4.98 Å². The highest BCUT2D eigenvalue weighted by molar-refractivity contribution is 6.35. The van der Waals surface area contributed by atoms with Gasteiger partial charge in [0, 0.05) is 22.4 Å². The van der Waals surface area contributed by atoms with Gasteiger partial charge < -0.3 is 5.32 Å². The summed E-state index contributed by atoms with van der Waals surface area (Å²) < 4.78 is 1.76. The van der Waals surface area contributed by atoms with Gasteiger partial charge in [0.2, 0.25) is 11.7 Å². The van der Waals surface area contributed by atoms with E-state index in [0.717, 1.165) is 11.0 Å². The number of aromatic nitrogens is 3. The number of carbonyl (C=O) groups is 1. The minimum Gasteiger partial charge on any atom is -0.311 e. The highest BCUT2D eigenvalue weighted by Crippen LogP contribution is 2.39. The summed E-state index contributed by atoms with van der Waals surface area (Å²) in [7, 11) is 0. The van der Waals surface area contributed by atoms with Crippen LogP contribution in [-0.2, 0) is 4.79 Å². The number of para-hydroxylation sites is 2. The first-order valence-corrected chi connectivity index (χ1v) is 9.06. The third kappa shape index (κ3) is 2.44. The lowest BCUT2D eigenvalue weighted by molar-refractivity contribution is -0.116. The smallest absolute Gasteiger partial charge is 0.258 e. The number of rotatable bonds is 1. The molecule has 0 radical (unpaired) electrons. The number of nitrogens with one attached hydrogen (secondary N) is 2. The van der Waals surface area contributed by atoms with Crippen LogP contribution in [0.2, 0.25) is 10.0 Å². The average Bonchev–Trinajstić information content (AvgIpc) is 2.99. The average molecular weight is 399 g/mol. The fraction of sp³-hybridized carbons (Fsp3) is 0.105. The van der Waals surface area contributed by atoms with Crippen LogP contribution in [0.5, 0.6) is 0 Å². The molecule has 0 aliphatic carbocycles. The molecule has 4 aromatic rings. The van der Waals surface area contributed by atoms with Crippen LogP contribution in [0, 0.1) is 0 Å². The molecule has 0 spiro atoms. The van der Waals surface area contributed by atoms with Gasteiger partial charge in [-0.3, -0.25) is 19.0 Å². The Morgan fingerprint density at radius 1 is 1.11 bits per heavy atom. The summed E-state index contributed by atoms with van der Waals surface area (Å²) in [6, 6.07) is 12.6. The van der Waals surface area contributed by atoms with Gasteiger partial charge in [0.1, 0.15) is 5.82 Å². The topological polar surface area (TPSA) is 79.3 Å². The Labute approximate surface area is 162 Å². The summed E-state index contributed by atoms with van der Waals surface area (Å²) in [5.41, 5.74) is 2.36. The maximum Gasteiger partial charge on any atom is 0.258 e. The first-order chi connectivity index (χ1) is 13.0. The fourth-order valence-electron chi connectivity index (χ4n) is 3.70.